The Bertz CT molecular complexity index is 903. The number of thiocarbonyl (C=S) groups is 1. The number of nitrogens with one attached hydrogen (secondary N) is 1. The van der Waals surface area contributed by atoms with Gasteiger partial charge in [-0.2, -0.15) is 0 Å². The topological polar surface area (TPSA) is 62.3 Å². The molecule has 1 saturated heterocycles. The summed E-state index contributed by atoms with van der Waals surface area (Å²) in [7, 11) is 0. The van der Waals surface area contributed by atoms with E-state index < -0.39 is 0 Å². The number of rotatable bonds is 6. The van der Waals surface area contributed by atoms with Crippen molar-refractivity contribution < 1.29 is 9.59 Å². The van der Waals surface area contributed by atoms with Gasteiger partial charge in [-0.05, 0) is 36.3 Å². The van der Waals surface area contributed by atoms with Gasteiger partial charge in [0.05, 0.1) is 16.8 Å². The number of amides is 2. The van der Waals surface area contributed by atoms with Gasteiger partial charge in [-0.1, -0.05) is 53.8 Å². The van der Waals surface area contributed by atoms with Crippen LogP contribution in [-0.2, 0) is 9.59 Å². The zero-order valence-corrected chi connectivity index (χ0v) is 16.6. The number of hydrogen-bond donors (Lipinski definition) is 1. The lowest BCUT2D eigenvalue weighted by Crippen LogP contribution is -2.29. The smallest absolute Gasteiger partial charge is 0.266 e. The van der Waals surface area contributed by atoms with E-state index in [0.29, 0.717) is 32.9 Å². The summed E-state index contributed by atoms with van der Waals surface area (Å²) in [6.45, 7) is 0.394. The van der Waals surface area contributed by atoms with Crippen molar-refractivity contribution in [1.82, 2.24) is 9.88 Å². The van der Waals surface area contributed by atoms with E-state index >= 15 is 0 Å². The first-order valence-corrected chi connectivity index (χ1v) is 9.84. The lowest BCUT2D eigenvalue weighted by atomic mass is 10.2. The average molecular weight is 418 g/mol. The summed E-state index contributed by atoms with van der Waals surface area (Å²) in [5, 5.41) is 3.35. The van der Waals surface area contributed by atoms with Crippen LogP contribution in [0.3, 0.4) is 0 Å². The van der Waals surface area contributed by atoms with Crippen LogP contribution in [0.1, 0.15) is 18.4 Å². The van der Waals surface area contributed by atoms with Crippen molar-refractivity contribution in [2.24, 2.45) is 0 Å². The van der Waals surface area contributed by atoms with Gasteiger partial charge < -0.3 is 5.32 Å². The van der Waals surface area contributed by atoms with Crippen molar-refractivity contribution >= 4 is 63.5 Å². The molecule has 2 aromatic rings. The SMILES string of the molecule is O=C(CCCN1C(=O)/C(=C/c2ccccc2Cl)SC1=S)Nc1cccnc1. The van der Waals surface area contributed by atoms with Crippen LogP contribution < -0.4 is 5.32 Å². The van der Waals surface area contributed by atoms with Gasteiger partial charge in [0.2, 0.25) is 5.91 Å². The molecule has 138 valence electrons. The molecule has 0 atom stereocenters. The Morgan fingerprint density at radius 3 is 2.85 bits per heavy atom. The number of benzene rings is 1. The summed E-state index contributed by atoms with van der Waals surface area (Å²) in [6.07, 6.45) is 5.77. The van der Waals surface area contributed by atoms with Crippen LogP contribution >= 0.6 is 35.6 Å². The normalized spacial score (nSPS) is 15.4. The van der Waals surface area contributed by atoms with E-state index in [9.17, 15) is 9.59 Å². The Morgan fingerprint density at radius 1 is 1.30 bits per heavy atom. The molecule has 0 radical (unpaired) electrons. The summed E-state index contributed by atoms with van der Waals surface area (Å²) in [5.74, 6) is -0.280. The summed E-state index contributed by atoms with van der Waals surface area (Å²) in [6, 6.07) is 10.8. The minimum absolute atomic E-state index is 0.125. The Labute approximate surface area is 171 Å². The lowest BCUT2D eigenvalue weighted by molar-refractivity contribution is -0.122. The van der Waals surface area contributed by atoms with Crippen molar-refractivity contribution in [2.45, 2.75) is 12.8 Å². The van der Waals surface area contributed by atoms with Gasteiger partial charge >= 0.3 is 0 Å². The third-order valence-corrected chi connectivity index (χ3v) is 5.52. The molecule has 3 rings (SSSR count). The minimum Gasteiger partial charge on any atom is -0.325 e. The molecule has 1 aliphatic rings. The van der Waals surface area contributed by atoms with Gasteiger partial charge in [0.1, 0.15) is 4.32 Å². The highest BCUT2D eigenvalue weighted by atomic mass is 35.5. The molecular weight excluding hydrogens is 402 g/mol. The van der Waals surface area contributed by atoms with Crippen LogP contribution in [-0.4, -0.2) is 32.6 Å². The maximum Gasteiger partial charge on any atom is 0.266 e. The van der Waals surface area contributed by atoms with Crippen LogP contribution in [0, 0.1) is 0 Å². The van der Waals surface area contributed by atoms with Gasteiger partial charge in [-0.15, -0.1) is 0 Å². The molecule has 2 amide bonds. The van der Waals surface area contributed by atoms with Crippen molar-refractivity contribution in [1.29, 1.82) is 0 Å². The number of thioether (sulfide) groups is 1. The Balaban J connectivity index is 1.55. The monoisotopic (exact) mass is 417 g/mol. The van der Waals surface area contributed by atoms with E-state index in [0.717, 1.165) is 5.56 Å². The van der Waals surface area contributed by atoms with E-state index in [4.69, 9.17) is 23.8 Å². The molecule has 0 aliphatic carbocycles. The van der Waals surface area contributed by atoms with E-state index in [-0.39, 0.29) is 18.2 Å². The van der Waals surface area contributed by atoms with Gasteiger partial charge in [0.15, 0.2) is 0 Å². The molecule has 0 bridgehead atoms. The molecule has 8 heteroatoms. The molecule has 0 saturated carbocycles. The van der Waals surface area contributed by atoms with Crippen LogP contribution in [0.4, 0.5) is 5.69 Å². The standard InChI is InChI=1S/C19H16ClN3O2S2/c20-15-7-2-1-5-13(15)11-16-18(25)23(19(26)27-16)10-4-8-17(24)22-14-6-3-9-21-12-14/h1-3,5-7,9,11-12H,4,8,10H2,(H,22,24)/b16-11-. The number of pyridine rings is 1. The molecular formula is C19H16ClN3O2S2. The zero-order valence-electron chi connectivity index (χ0n) is 14.2. The number of carbonyl (C=O) groups excluding carboxylic acids is 2. The zero-order chi connectivity index (χ0) is 19.2. The molecule has 1 aliphatic heterocycles. The first kappa shape index (κ1) is 19.5. The maximum atomic E-state index is 12.6. The number of hydrogen-bond acceptors (Lipinski definition) is 5. The largest absolute Gasteiger partial charge is 0.325 e. The summed E-state index contributed by atoms with van der Waals surface area (Å²) < 4.78 is 0.492. The molecule has 2 heterocycles. The summed E-state index contributed by atoms with van der Waals surface area (Å²) in [5.41, 5.74) is 1.42. The maximum absolute atomic E-state index is 12.6. The third kappa shape index (κ3) is 5.15. The third-order valence-electron chi connectivity index (χ3n) is 3.80. The highest BCUT2D eigenvalue weighted by Crippen LogP contribution is 2.33. The highest BCUT2D eigenvalue weighted by Gasteiger charge is 2.31. The summed E-state index contributed by atoms with van der Waals surface area (Å²) in [4.78, 5) is 30.6. The fraction of sp³-hybridized carbons (Fsp3) is 0.158. The van der Waals surface area contributed by atoms with Crippen LogP contribution in [0.5, 0.6) is 0 Å². The summed E-state index contributed by atoms with van der Waals surface area (Å²) >= 11 is 12.7. The van der Waals surface area contributed by atoms with Gasteiger partial charge in [0.25, 0.3) is 5.91 Å². The van der Waals surface area contributed by atoms with E-state index in [1.807, 2.05) is 18.2 Å². The number of nitrogens with zero attached hydrogens (tertiary/aromatic N) is 2. The number of halogens is 1. The highest BCUT2D eigenvalue weighted by molar-refractivity contribution is 8.26. The predicted octanol–water partition coefficient (Wildman–Crippen LogP) is 4.36. The minimum atomic E-state index is -0.155. The quantitative estimate of drug-likeness (QED) is 0.559. The second kappa shape index (κ2) is 9.12. The van der Waals surface area contributed by atoms with E-state index in [1.54, 1.807) is 36.7 Å². The van der Waals surface area contributed by atoms with E-state index in [2.05, 4.69) is 10.3 Å². The van der Waals surface area contributed by atoms with E-state index in [1.165, 1.54) is 16.7 Å². The molecule has 1 aromatic heterocycles. The fourth-order valence-corrected chi connectivity index (χ4v) is 3.97. The number of aromatic nitrogens is 1. The molecule has 27 heavy (non-hydrogen) atoms. The second-order valence-electron chi connectivity index (χ2n) is 5.75. The van der Waals surface area contributed by atoms with Gasteiger partial charge in [-0.3, -0.25) is 19.5 Å². The van der Waals surface area contributed by atoms with Crippen LogP contribution in [0.15, 0.2) is 53.7 Å². The van der Waals surface area contributed by atoms with Crippen LogP contribution in [0.2, 0.25) is 5.02 Å². The second-order valence-corrected chi connectivity index (χ2v) is 7.83. The Morgan fingerprint density at radius 2 is 2.11 bits per heavy atom. The van der Waals surface area contributed by atoms with Gasteiger partial charge in [-0.25, -0.2) is 0 Å². The Kier molecular flexibility index (Phi) is 6.60. The first-order valence-electron chi connectivity index (χ1n) is 8.24. The van der Waals surface area contributed by atoms with Gasteiger partial charge in [0, 0.05) is 24.2 Å². The molecule has 1 fully saturated rings. The predicted molar refractivity (Wildman–Crippen MR) is 113 cm³/mol. The fourth-order valence-electron chi connectivity index (χ4n) is 2.48. The molecule has 5 nitrogen and oxygen atoms in total. The lowest BCUT2D eigenvalue weighted by Gasteiger charge is -2.14. The Hall–Kier alpha value is -2.22. The molecule has 0 unspecified atom stereocenters. The number of anilines is 1. The molecule has 1 aromatic carbocycles. The number of carbonyl (C=O) groups is 2. The van der Waals surface area contributed by atoms with Crippen molar-refractivity contribution in [2.75, 3.05) is 11.9 Å². The van der Waals surface area contributed by atoms with Crippen LogP contribution in [0.25, 0.3) is 6.08 Å². The molecule has 1 N–H and O–H groups in total. The first-order chi connectivity index (χ1) is 13.0. The van der Waals surface area contributed by atoms with Crippen molar-refractivity contribution in [3.63, 3.8) is 0 Å². The van der Waals surface area contributed by atoms with Crippen molar-refractivity contribution in [3.05, 3.63) is 64.3 Å². The molecule has 0 spiro atoms. The average Bonchev–Trinajstić information content (AvgIpc) is 2.92. The van der Waals surface area contributed by atoms with Crippen molar-refractivity contribution in [3.8, 4) is 0 Å².